The van der Waals surface area contributed by atoms with Gasteiger partial charge >= 0.3 is 0 Å². The number of piperidine rings is 1. The third-order valence-corrected chi connectivity index (χ3v) is 4.67. The van der Waals surface area contributed by atoms with Crippen molar-refractivity contribution in [1.82, 2.24) is 10.6 Å². The maximum atomic E-state index is 12.3. The molecule has 1 aromatic rings. The summed E-state index contributed by atoms with van der Waals surface area (Å²) in [6.07, 6.45) is 5.68. The second kappa shape index (κ2) is 5.09. The van der Waals surface area contributed by atoms with Crippen LogP contribution in [0, 0.1) is 6.92 Å². The molecule has 20 heavy (non-hydrogen) atoms. The largest absolute Gasteiger partial charge is 0.507 e. The molecule has 0 bridgehead atoms. The fourth-order valence-electron chi connectivity index (χ4n) is 3.36. The molecule has 1 atom stereocenters. The van der Waals surface area contributed by atoms with Crippen molar-refractivity contribution in [2.45, 2.75) is 50.6 Å². The lowest BCUT2D eigenvalue weighted by atomic mass is 9.70. The molecule has 1 saturated carbocycles. The summed E-state index contributed by atoms with van der Waals surface area (Å²) in [6.45, 7) is 2.86. The van der Waals surface area contributed by atoms with Crippen LogP contribution in [-0.2, 0) is 0 Å². The Morgan fingerprint density at radius 2 is 2.25 bits per heavy atom. The highest BCUT2D eigenvalue weighted by molar-refractivity contribution is 5.97. The van der Waals surface area contributed by atoms with Gasteiger partial charge in [0, 0.05) is 11.6 Å². The zero-order valence-corrected chi connectivity index (χ0v) is 11.9. The van der Waals surface area contributed by atoms with E-state index in [0.29, 0.717) is 5.56 Å². The Morgan fingerprint density at radius 3 is 2.90 bits per heavy atom. The minimum Gasteiger partial charge on any atom is -0.507 e. The fraction of sp³-hybridized carbons (Fsp3) is 0.562. The molecule has 0 radical (unpaired) electrons. The molecule has 1 spiro atoms. The molecule has 108 valence electrons. The van der Waals surface area contributed by atoms with E-state index < -0.39 is 0 Å². The minimum absolute atomic E-state index is 0.0646. The third kappa shape index (κ3) is 2.52. The highest BCUT2D eigenvalue weighted by Crippen LogP contribution is 2.38. The Kier molecular flexibility index (Phi) is 3.42. The van der Waals surface area contributed by atoms with Gasteiger partial charge in [0.1, 0.15) is 5.75 Å². The predicted molar refractivity (Wildman–Crippen MR) is 77.9 cm³/mol. The van der Waals surface area contributed by atoms with E-state index >= 15 is 0 Å². The zero-order chi connectivity index (χ0) is 14.2. The summed E-state index contributed by atoms with van der Waals surface area (Å²) in [5.41, 5.74) is 1.59. The van der Waals surface area contributed by atoms with Gasteiger partial charge in [-0.3, -0.25) is 4.79 Å². The van der Waals surface area contributed by atoms with Gasteiger partial charge in [-0.2, -0.15) is 0 Å². The molecular formula is C16H22N2O2. The molecule has 4 heteroatoms. The summed E-state index contributed by atoms with van der Waals surface area (Å²) >= 11 is 0. The van der Waals surface area contributed by atoms with E-state index in [9.17, 15) is 9.90 Å². The Balaban J connectivity index is 1.66. The Hall–Kier alpha value is -1.55. The number of hydrogen-bond acceptors (Lipinski definition) is 3. The van der Waals surface area contributed by atoms with E-state index in [1.54, 1.807) is 12.1 Å². The number of phenolic OH excluding ortho intramolecular Hbond substituents is 1. The fourth-order valence-corrected chi connectivity index (χ4v) is 3.36. The molecule has 1 amide bonds. The van der Waals surface area contributed by atoms with Crippen molar-refractivity contribution in [3.05, 3.63) is 29.3 Å². The summed E-state index contributed by atoms with van der Waals surface area (Å²) in [6, 6.07) is 5.39. The molecule has 1 heterocycles. The van der Waals surface area contributed by atoms with E-state index in [0.717, 1.165) is 24.9 Å². The Morgan fingerprint density at radius 1 is 1.45 bits per heavy atom. The standard InChI is InChI=1S/C16H22N2O2/c1-11-3-4-13(14(19)9-11)15(20)18-12-5-8-17-16(10-12)6-2-7-16/h3-4,9,12,17,19H,2,5-8,10H2,1H3,(H,18,20). The number of hydrogen-bond donors (Lipinski definition) is 3. The van der Waals surface area contributed by atoms with Crippen LogP contribution in [0.1, 0.15) is 48.0 Å². The summed E-state index contributed by atoms with van der Waals surface area (Å²) in [4.78, 5) is 12.3. The van der Waals surface area contributed by atoms with E-state index in [1.165, 1.54) is 19.3 Å². The van der Waals surface area contributed by atoms with Crippen LogP contribution >= 0.6 is 0 Å². The molecule has 2 fully saturated rings. The van der Waals surface area contributed by atoms with Crippen LogP contribution in [0.2, 0.25) is 0 Å². The molecule has 1 saturated heterocycles. The Bertz CT molecular complexity index is 523. The monoisotopic (exact) mass is 274 g/mol. The maximum Gasteiger partial charge on any atom is 0.255 e. The van der Waals surface area contributed by atoms with E-state index in [4.69, 9.17) is 0 Å². The molecule has 1 aliphatic carbocycles. The first-order chi connectivity index (χ1) is 9.58. The number of rotatable bonds is 2. The number of nitrogens with one attached hydrogen (secondary N) is 2. The van der Waals surface area contributed by atoms with Crippen molar-refractivity contribution in [2.75, 3.05) is 6.54 Å². The van der Waals surface area contributed by atoms with Crippen molar-refractivity contribution in [3.8, 4) is 5.75 Å². The first-order valence-corrected chi connectivity index (χ1v) is 7.44. The van der Waals surface area contributed by atoms with Crippen molar-refractivity contribution < 1.29 is 9.90 Å². The topological polar surface area (TPSA) is 61.4 Å². The van der Waals surface area contributed by atoms with Crippen LogP contribution in [0.4, 0.5) is 0 Å². The lowest BCUT2D eigenvalue weighted by Gasteiger charge is -2.48. The van der Waals surface area contributed by atoms with Crippen LogP contribution < -0.4 is 10.6 Å². The Labute approximate surface area is 119 Å². The minimum atomic E-state index is -0.163. The number of carbonyl (C=O) groups is 1. The van der Waals surface area contributed by atoms with Gasteiger partial charge in [-0.25, -0.2) is 0 Å². The second-order valence-corrected chi connectivity index (χ2v) is 6.24. The molecular weight excluding hydrogens is 252 g/mol. The molecule has 0 aromatic heterocycles. The van der Waals surface area contributed by atoms with Gasteiger partial charge in [-0.05, 0) is 63.3 Å². The average Bonchev–Trinajstić information content (AvgIpc) is 2.37. The van der Waals surface area contributed by atoms with Crippen LogP contribution in [0.15, 0.2) is 18.2 Å². The smallest absolute Gasteiger partial charge is 0.255 e. The van der Waals surface area contributed by atoms with Crippen LogP contribution in [-0.4, -0.2) is 29.1 Å². The molecule has 1 aliphatic heterocycles. The van der Waals surface area contributed by atoms with Crippen molar-refractivity contribution in [1.29, 1.82) is 0 Å². The average molecular weight is 274 g/mol. The van der Waals surface area contributed by atoms with Gasteiger partial charge < -0.3 is 15.7 Å². The van der Waals surface area contributed by atoms with Gasteiger partial charge in [0.05, 0.1) is 5.56 Å². The van der Waals surface area contributed by atoms with E-state index in [2.05, 4.69) is 10.6 Å². The first kappa shape index (κ1) is 13.4. The number of benzene rings is 1. The maximum absolute atomic E-state index is 12.3. The van der Waals surface area contributed by atoms with Gasteiger partial charge in [0.15, 0.2) is 0 Å². The molecule has 2 aliphatic rings. The second-order valence-electron chi connectivity index (χ2n) is 6.24. The van der Waals surface area contributed by atoms with Gasteiger partial charge in [0.25, 0.3) is 5.91 Å². The predicted octanol–water partition coefficient (Wildman–Crippen LogP) is 2.11. The van der Waals surface area contributed by atoms with Gasteiger partial charge in [0.2, 0.25) is 0 Å². The lowest BCUT2D eigenvalue weighted by molar-refractivity contribution is 0.0851. The summed E-state index contributed by atoms with van der Waals surface area (Å²) < 4.78 is 0. The highest BCUT2D eigenvalue weighted by atomic mass is 16.3. The summed E-state index contributed by atoms with van der Waals surface area (Å²) in [5, 5.41) is 16.6. The van der Waals surface area contributed by atoms with Crippen molar-refractivity contribution >= 4 is 5.91 Å². The summed E-state index contributed by atoms with van der Waals surface area (Å²) in [7, 11) is 0. The van der Waals surface area contributed by atoms with Crippen molar-refractivity contribution in [2.24, 2.45) is 0 Å². The molecule has 4 nitrogen and oxygen atoms in total. The number of amides is 1. The normalized spacial score (nSPS) is 24.1. The number of carbonyl (C=O) groups excluding carboxylic acids is 1. The van der Waals surface area contributed by atoms with E-state index in [-0.39, 0.29) is 23.2 Å². The number of aromatic hydroxyl groups is 1. The van der Waals surface area contributed by atoms with Crippen LogP contribution in [0.5, 0.6) is 5.75 Å². The van der Waals surface area contributed by atoms with Crippen molar-refractivity contribution in [3.63, 3.8) is 0 Å². The zero-order valence-electron chi connectivity index (χ0n) is 11.9. The SMILES string of the molecule is Cc1ccc(C(=O)NC2CCNC3(CCC3)C2)c(O)c1. The molecule has 3 rings (SSSR count). The van der Waals surface area contributed by atoms with Crippen LogP contribution in [0.25, 0.3) is 0 Å². The van der Waals surface area contributed by atoms with Crippen LogP contribution in [0.3, 0.4) is 0 Å². The highest BCUT2D eigenvalue weighted by Gasteiger charge is 2.41. The number of aryl methyl sites for hydroxylation is 1. The lowest BCUT2D eigenvalue weighted by Crippen LogP contribution is -2.59. The molecule has 1 aromatic carbocycles. The first-order valence-electron chi connectivity index (χ1n) is 7.44. The van der Waals surface area contributed by atoms with E-state index in [1.807, 2.05) is 13.0 Å². The van der Waals surface area contributed by atoms with Gasteiger partial charge in [-0.1, -0.05) is 6.07 Å². The molecule has 3 N–H and O–H groups in total. The number of phenols is 1. The van der Waals surface area contributed by atoms with Gasteiger partial charge in [-0.15, -0.1) is 0 Å². The molecule has 1 unspecified atom stereocenters. The third-order valence-electron chi connectivity index (χ3n) is 4.67. The quantitative estimate of drug-likeness (QED) is 0.774. The summed E-state index contributed by atoms with van der Waals surface area (Å²) in [5.74, 6) is -0.0985.